The minimum absolute atomic E-state index is 0.0759. The molecule has 1 aromatic heterocycles. The van der Waals surface area contributed by atoms with Crippen LogP contribution in [0.1, 0.15) is 63.8 Å². The number of ether oxygens (including phenoxy) is 1. The second-order valence-corrected chi connectivity index (χ2v) is 11.3. The van der Waals surface area contributed by atoms with Crippen LogP contribution in [0, 0.1) is 0 Å². The predicted molar refractivity (Wildman–Crippen MR) is 159 cm³/mol. The third kappa shape index (κ3) is 7.87. The van der Waals surface area contributed by atoms with Gasteiger partial charge in [0.1, 0.15) is 11.6 Å². The van der Waals surface area contributed by atoms with Gasteiger partial charge in [0.25, 0.3) is 0 Å². The van der Waals surface area contributed by atoms with Gasteiger partial charge >= 0.3 is 0 Å². The molecule has 2 heterocycles. The maximum Gasteiger partial charge on any atom is 0.222 e. The molecule has 0 radical (unpaired) electrons. The van der Waals surface area contributed by atoms with Gasteiger partial charge in [-0.15, -0.1) is 10.2 Å². The predicted octanol–water partition coefficient (Wildman–Crippen LogP) is 5.38. The summed E-state index contributed by atoms with van der Waals surface area (Å²) in [5, 5.41) is 9.90. The summed E-state index contributed by atoms with van der Waals surface area (Å²) in [7, 11) is 1.66. The van der Waals surface area contributed by atoms with Crippen molar-refractivity contribution < 1.29 is 14.3 Å². The lowest BCUT2D eigenvalue weighted by molar-refractivity contribution is -0.142. The van der Waals surface area contributed by atoms with Crippen LogP contribution in [0.5, 0.6) is 5.75 Å². The average Bonchev–Trinajstić information content (AvgIpc) is 3.37. The fourth-order valence-corrected chi connectivity index (χ4v) is 5.97. The molecule has 0 aliphatic carbocycles. The molecule has 2 aromatic carbocycles. The molecule has 2 amide bonds. The molecule has 8 nitrogen and oxygen atoms in total. The number of benzene rings is 2. The van der Waals surface area contributed by atoms with Gasteiger partial charge in [0.15, 0.2) is 5.16 Å². The first-order valence-electron chi connectivity index (χ1n) is 14.3. The van der Waals surface area contributed by atoms with Gasteiger partial charge in [-0.25, -0.2) is 0 Å². The molecular weight excluding hydrogens is 522 g/mol. The van der Waals surface area contributed by atoms with Crippen molar-refractivity contribution in [3.05, 3.63) is 66.0 Å². The van der Waals surface area contributed by atoms with Crippen LogP contribution in [0.25, 0.3) is 5.69 Å². The molecule has 1 aliphatic heterocycles. The average molecular weight is 564 g/mol. The van der Waals surface area contributed by atoms with Crippen LogP contribution in [0.3, 0.4) is 0 Å². The zero-order chi connectivity index (χ0) is 28.3. The van der Waals surface area contributed by atoms with Crippen molar-refractivity contribution >= 4 is 23.6 Å². The van der Waals surface area contributed by atoms with Crippen LogP contribution in [-0.2, 0) is 16.0 Å². The molecular formula is C31H41N5O3S. The standard InChI is InChI=1S/C31H41N5O3S/c1-4-5-13-30(38)35-20-19-34(23-24(35)2)29(37)14-9-10-21-40-31-33-32-28(22-25-11-7-6-8-12-25)36(31)26-15-17-27(39-3)18-16-26/h6-8,11-12,15-18,24H,4-5,9-10,13-14,19-23H2,1-3H3. The van der Waals surface area contributed by atoms with E-state index in [1.54, 1.807) is 18.9 Å². The van der Waals surface area contributed by atoms with Gasteiger partial charge in [0.2, 0.25) is 11.8 Å². The number of amides is 2. The normalized spacial score (nSPS) is 15.3. The number of unbranched alkanes of at least 4 members (excludes halogenated alkanes) is 2. The fraction of sp³-hybridized carbons (Fsp3) is 0.484. The van der Waals surface area contributed by atoms with Gasteiger partial charge in [-0.1, -0.05) is 55.4 Å². The van der Waals surface area contributed by atoms with Crippen molar-refractivity contribution in [2.45, 2.75) is 70.0 Å². The minimum Gasteiger partial charge on any atom is -0.497 e. The summed E-state index contributed by atoms with van der Waals surface area (Å²) >= 11 is 1.67. The van der Waals surface area contributed by atoms with E-state index in [9.17, 15) is 9.59 Å². The van der Waals surface area contributed by atoms with Gasteiger partial charge in [0.05, 0.1) is 7.11 Å². The molecule has 9 heteroatoms. The molecule has 4 rings (SSSR count). The van der Waals surface area contributed by atoms with Crippen molar-refractivity contribution in [1.82, 2.24) is 24.6 Å². The molecule has 1 fully saturated rings. The molecule has 0 saturated carbocycles. The molecule has 0 spiro atoms. The van der Waals surface area contributed by atoms with E-state index in [0.717, 1.165) is 53.9 Å². The SMILES string of the molecule is CCCCC(=O)N1CCN(C(=O)CCCCSc2nnc(Cc3ccccc3)n2-c2ccc(OC)cc2)CC1C. The van der Waals surface area contributed by atoms with Gasteiger partial charge in [0, 0.05) is 56.4 Å². The zero-order valence-electron chi connectivity index (χ0n) is 23.9. The highest BCUT2D eigenvalue weighted by atomic mass is 32.2. The summed E-state index contributed by atoms with van der Waals surface area (Å²) in [5.74, 6) is 2.94. The number of carbonyl (C=O) groups excluding carboxylic acids is 2. The maximum atomic E-state index is 12.9. The Kier molecular flexibility index (Phi) is 11.0. The van der Waals surface area contributed by atoms with Gasteiger partial charge < -0.3 is 14.5 Å². The minimum atomic E-state index is 0.0759. The number of rotatable bonds is 13. The van der Waals surface area contributed by atoms with Crippen LogP contribution in [0.4, 0.5) is 0 Å². The lowest BCUT2D eigenvalue weighted by Crippen LogP contribution is -2.55. The summed E-state index contributed by atoms with van der Waals surface area (Å²) in [6.45, 7) is 6.04. The number of carbonyl (C=O) groups is 2. The third-order valence-corrected chi connectivity index (χ3v) is 8.31. The second-order valence-electron chi connectivity index (χ2n) is 10.3. The lowest BCUT2D eigenvalue weighted by Gasteiger charge is -2.40. The van der Waals surface area contributed by atoms with Crippen LogP contribution in [0.2, 0.25) is 0 Å². The first kappa shape index (κ1) is 29.6. The molecule has 40 heavy (non-hydrogen) atoms. The lowest BCUT2D eigenvalue weighted by atomic mass is 10.1. The van der Waals surface area contributed by atoms with Gasteiger partial charge in [-0.05, 0) is 56.0 Å². The number of aromatic nitrogens is 3. The van der Waals surface area contributed by atoms with Crippen LogP contribution >= 0.6 is 11.8 Å². The summed E-state index contributed by atoms with van der Waals surface area (Å²) in [6.07, 6.45) is 5.49. The van der Waals surface area contributed by atoms with Crippen LogP contribution in [0.15, 0.2) is 59.8 Å². The largest absolute Gasteiger partial charge is 0.497 e. The van der Waals surface area contributed by atoms with Gasteiger partial charge in [-0.2, -0.15) is 0 Å². The van der Waals surface area contributed by atoms with Crippen molar-refractivity contribution in [2.24, 2.45) is 0 Å². The number of hydrogen-bond acceptors (Lipinski definition) is 6. The molecule has 0 N–H and O–H groups in total. The Hall–Kier alpha value is -3.33. The van der Waals surface area contributed by atoms with Gasteiger partial charge in [-0.3, -0.25) is 14.2 Å². The number of nitrogens with zero attached hydrogens (tertiary/aromatic N) is 5. The van der Waals surface area contributed by atoms with Crippen molar-refractivity contribution in [3.8, 4) is 11.4 Å². The molecule has 214 valence electrons. The highest BCUT2D eigenvalue weighted by Crippen LogP contribution is 2.26. The summed E-state index contributed by atoms with van der Waals surface area (Å²) in [5.41, 5.74) is 2.18. The smallest absolute Gasteiger partial charge is 0.222 e. The summed E-state index contributed by atoms with van der Waals surface area (Å²) in [4.78, 5) is 29.2. The number of methoxy groups -OCH3 is 1. The molecule has 0 bridgehead atoms. The Morgan fingerprint density at radius 1 is 0.950 bits per heavy atom. The topological polar surface area (TPSA) is 80.6 Å². The van der Waals surface area contributed by atoms with E-state index in [2.05, 4.69) is 33.8 Å². The Morgan fingerprint density at radius 2 is 1.70 bits per heavy atom. The van der Waals surface area contributed by atoms with Crippen molar-refractivity contribution in [1.29, 1.82) is 0 Å². The van der Waals surface area contributed by atoms with Crippen LogP contribution in [-0.4, -0.2) is 74.9 Å². The first-order chi connectivity index (χ1) is 19.5. The van der Waals surface area contributed by atoms with Crippen LogP contribution < -0.4 is 4.74 Å². The van der Waals surface area contributed by atoms with E-state index in [4.69, 9.17) is 4.74 Å². The van der Waals surface area contributed by atoms with E-state index >= 15 is 0 Å². The third-order valence-electron chi connectivity index (χ3n) is 7.30. The van der Waals surface area contributed by atoms with Crippen molar-refractivity contribution in [2.75, 3.05) is 32.5 Å². The van der Waals surface area contributed by atoms with E-state index in [0.29, 0.717) is 38.9 Å². The summed E-state index contributed by atoms with van der Waals surface area (Å²) in [6, 6.07) is 18.3. The summed E-state index contributed by atoms with van der Waals surface area (Å²) < 4.78 is 7.46. The first-order valence-corrected chi connectivity index (χ1v) is 15.3. The Labute approximate surface area is 242 Å². The van der Waals surface area contributed by atoms with Crippen molar-refractivity contribution in [3.63, 3.8) is 0 Å². The number of piperazine rings is 1. The Balaban J connectivity index is 1.29. The maximum absolute atomic E-state index is 12.9. The van der Waals surface area contributed by atoms with E-state index in [-0.39, 0.29) is 17.9 Å². The van der Waals surface area contributed by atoms with E-state index < -0.39 is 0 Å². The monoisotopic (exact) mass is 563 g/mol. The van der Waals surface area contributed by atoms with E-state index in [1.165, 1.54) is 5.56 Å². The molecule has 3 aromatic rings. The highest BCUT2D eigenvalue weighted by molar-refractivity contribution is 7.99. The highest BCUT2D eigenvalue weighted by Gasteiger charge is 2.29. The zero-order valence-corrected chi connectivity index (χ0v) is 24.7. The fourth-order valence-electron chi connectivity index (χ4n) is 5.00. The molecule has 1 unspecified atom stereocenters. The quantitative estimate of drug-likeness (QED) is 0.205. The second kappa shape index (κ2) is 14.9. The number of thioether (sulfide) groups is 1. The Bertz CT molecular complexity index is 1230. The molecule has 1 atom stereocenters. The Morgan fingerprint density at radius 3 is 2.40 bits per heavy atom. The molecule has 1 saturated heterocycles. The van der Waals surface area contributed by atoms with E-state index in [1.807, 2.05) is 59.2 Å². The molecule has 1 aliphatic rings. The number of hydrogen-bond donors (Lipinski definition) is 0.